The smallest absolute Gasteiger partial charge is 0.225 e. The van der Waals surface area contributed by atoms with Crippen LogP contribution < -0.4 is 22.1 Å². The number of carbonyl (C=O) groups is 3. The van der Waals surface area contributed by atoms with Crippen molar-refractivity contribution in [2.45, 2.75) is 19.3 Å². The molecule has 0 saturated carbocycles. The zero-order chi connectivity index (χ0) is 43.7. The Kier molecular flexibility index (Phi) is 46.5. The van der Waals surface area contributed by atoms with Crippen molar-refractivity contribution in [3.8, 4) is 0 Å². The molecule has 0 atom stereocenters. The number of rotatable bonds is 49. The fraction of sp³-hybridized carbons (Fsp3) is 0.919. The van der Waals surface area contributed by atoms with E-state index in [0.29, 0.717) is 191 Å². The molecule has 0 aromatic carbocycles. The Morgan fingerprint density at radius 3 is 1.03 bits per heavy atom. The second kappa shape index (κ2) is 48.8. The van der Waals surface area contributed by atoms with Crippen molar-refractivity contribution in [2.24, 2.45) is 16.6 Å². The molecule has 0 saturated heterocycles. The van der Waals surface area contributed by atoms with E-state index in [1.807, 2.05) is 0 Å². The summed E-state index contributed by atoms with van der Waals surface area (Å²) >= 11 is 0. The second-order valence-electron chi connectivity index (χ2n) is 12.2. The van der Waals surface area contributed by atoms with E-state index in [9.17, 15) is 14.4 Å². The summed E-state index contributed by atoms with van der Waals surface area (Å²) in [4.78, 5) is 40.3. The Morgan fingerprint density at radius 2 is 0.717 bits per heavy atom. The Morgan fingerprint density at radius 1 is 0.433 bits per heavy atom. The maximum absolute atomic E-state index is 13.0. The van der Waals surface area contributed by atoms with Gasteiger partial charge in [-0.15, -0.1) is 0 Å². The van der Waals surface area contributed by atoms with Gasteiger partial charge in [0.15, 0.2) is 0 Å². The van der Waals surface area contributed by atoms with Crippen LogP contribution in [0.25, 0.3) is 10.4 Å². The van der Waals surface area contributed by atoms with Gasteiger partial charge in [0.2, 0.25) is 17.7 Å². The summed E-state index contributed by atoms with van der Waals surface area (Å²) in [5.74, 6) is -0.271. The van der Waals surface area contributed by atoms with Crippen LogP contribution in [0.3, 0.4) is 0 Å². The summed E-state index contributed by atoms with van der Waals surface area (Å²) in [6.45, 7) is 11.6. The average molecular weight is 871 g/mol. The third-order valence-corrected chi connectivity index (χ3v) is 7.45. The molecule has 6 N–H and O–H groups in total. The van der Waals surface area contributed by atoms with E-state index in [1.54, 1.807) is 4.90 Å². The first-order chi connectivity index (χ1) is 29.5. The van der Waals surface area contributed by atoms with Crippen molar-refractivity contribution < 1.29 is 71.2 Å². The van der Waals surface area contributed by atoms with E-state index in [1.165, 1.54) is 0 Å². The molecule has 352 valence electrons. The molecule has 0 fully saturated rings. The summed E-state index contributed by atoms with van der Waals surface area (Å²) in [6, 6.07) is 0. The van der Waals surface area contributed by atoms with Crippen LogP contribution in [-0.4, -0.2) is 227 Å². The molecule has 0 radical (unpaired) electrons. The Labute approximate surface area is 354 Å². The monoisotopic (exact) mass is 871 g/mol. The summed E-state index contributed by atoms with van der Waals surface area (Å²) in [5, 5.41) is 8.74. The molecular formula is C37H74N8O15. The minimum Gasteiger partial charge on any atom is -0.379 e. The third-order valence-electron chi connectivity index (χ3n) is 7.45. The number of azide groups is 1. The molecule has 0 unspecified atom stereocenters. The van der Waals surface area contributed by atoms with Crippen LogP contribution in [-0.2, 0) is 71.2 Å². The Bertz CT molecular complexity index is 974. The summed E-state index contributed by atoms with van der Waals surface area (Å²) in [7, 11) is 0. The molecule has 0 aliphatic carbocycles. The van der Waals surface area contributed by atoms with Gasteiger partial charge in [0.25, 0.3) is 0 Å². The first-order valence-corrected chi connectivity index (χ1v) is 20.7. The van der Waals surface area contributed by atoms with Crippen LogP contribution in [0.4, 0.5) is 0 Å². The number of carbonyl (C=O) groups excluding carboxylic acids is 3. The highest BCUT2D eigenvalue weighted by Crippen LogP contribution is 1.98. The minimum absolute atomic E-state index is 0.0855. The molecule has 23 nitrogen and oxygen atoms in total. The molecule has 0 aromatic rings. The van der Waals surface area contributed by atoms with E-state index in [-0.39, 0.29) is 50.1 Å². The Hall–Kier alpha value is -2.84. The summed E-state index contributed by atoms with van der Waals surface area (Å²) in [5.41, 5.74) is 18.9. The van der Waals surface area contributed by atoms with Gasteiger partial charge < -0.3 is 83.8 Å². The molecule has 0 aliphatic rings. The number of amides is 3. The topological polar surface area (TPSA) is 290 Å². The van der Waals surface area contributed by atoms with Gasteiger partial charge in [0.05, 0.1) is 165 Å². The predicted octanol–water partition coefficient (Wildman–Crippen LogP) is -1.36. The number of hydrogen-bond donors (Lipinski definition) is 4. The summed E-state index contributed by atoms with van der Waals surface area (Å²) in [6.07, 6.45) is 0.753. The molecule has 0 bridgehead atoms. The van der Waals surface area contributed by atoms with Gasteiger partial charge in [-0.05, 0) is 5.53 Å². The van der Waals surface area contributed by atoms with Crippen molar-refractivity contribution in [1.29, 1.82) is 0 Å². The molecular weight excluding hydrogens is 796 g/mol. The number of ether oxygens (including phenoxy) is 12. The van der Waals surface area contributed by atoms with Gasteiger partial charge >= 0.3 is 0 Å². The largest absolute Gasteiger partial charge is 0.379 e. The fourth-order valence-electron chi connectivity index (χ4n) is 4.39. The molecule has 60 heavy (non-hydrogen) atoms. The first-order valence-electron chi connectivity index (χ1n) is 20.7. The third kappa shape index (κ3) is 44.7. The number of nitrogens with one attached hydrogen (secondary N) is 2. The van der Waals surface area contributed by atoms with E-state index >= 15 is 0 Å². The molecule has 0 heterocycles. The van der Waals surface area contributed by atoms with E-state index in [2.05, 4.69) is 20.7 Å². The Balaban J connectivity index is 4.15. The quantitative estimate of drug-likeness (QED) is 0.0238. The van der Waals surface area contributed by atoms with Crippen LogP contribution in [0.5, 0.6) is 0 Å². The minimum atomic E-state index is -0.0927. The molecule has 0 aliphatic heterocycles. The van der Waals surface area contributed by atoms with Crippen molar-refractivity contribution >= 4 is 17.7 Å². The molecule has 3 amide bonds. The molecule has 23 heteroatoms. The second-order valence-corrected chi connectivity index (χ2v) is 12.2. The van der Waals surface area contributed by atoms with E-state index in [0.717, 1.165) is 0 Å². The highest BCUT2D eigenvalue weighted by molar-refractivity contribution is 5.76. The van der Waals surface area contributed by atoms with Crippen molar-refractivity contribution in [3.63, 3.8) is 0 Å². The summed E-state index contributed by atoms with van der Waals surface area (Å²) < 4.78 is 65.9. The predicted molar refractivity (Wildman–Crippen MR) is 218 cm³/mol. The first kappa shape index (κ1) is 57.2. The van der Waals surface area contributed by atoms with Crippen LogP contribution >= 0.6 is 0 Å². The maximum atomic E-state index is 13.0. The van der Waals surface area contributed by atoms with Gasteiger partial charge in [0, 0.05) is 63.6 Å². The number of hydrogen-bond acceptors (Lipinski definition) is 18. The standard InChI is InChI=1S/C37H74N8O15/c38-4-6-41-35(46)1-11-49-17-23-55-30-33-59-27-21-53-15-9-45(37(48)3-13-51-19-25-57-29-32-58-26-20-52-14-8-43-44-40)10-16-54-22-28-60-34-31-56-24-18-50-12-2-36(47)42-7-5-39/h1-34,38-39H2,(H,41,46)(H,42,47). The van der Waals surface area contributed by atoms with Crippen molar-refractivity contribution in [2.75, 3.05) is 204 Å². The SMILES string of the molecule is [N-]=[N+]=NCCOCCOCCOCCOCCC(=O)N(CCOCCOCCOCCOCCC(=O)NCCN)CCOCCOCCOCCOCCC(=O)NCCN. The zero-order valence-corrected chi connectivity index (χ0v) is 35.6. The van der Waals surface area contributed by atoms with Crippen molar-refractivity contribution in [1.82, 2.24) is 15.5 Å². The maximum Gasteiger partial charge on any atom is 0.225 e. The normalized spacial score (nSPS) is 11.1. The molecule has 0 spiro atoms. The lowest BCUT2D eigenvalue weighted by atomic mass is 10.3. The lowest BCUT2D eigenvalue weighted by Crippen LogP contribution is -2.37. The lowest BCUT2D eigenvalue weighted by molar-refractivity contribution is -0.134. The van der Waals surface area contributed by atoms with Crippen LogP contribution in [0.1, 0.15) is 19.3 Å². The van der Waals surface area contributed by atoms with E-state index in [4.69, 9.17) is 73.8 Å². The lowest BCUT2D eigenvalue weighted by Gasteiger charge is -2.23. The highest BCUT2D eigenvalue weighted by atomic mass is 16.6. The van der Waals surface area contributed by atoms with Gasteiger partial charge in [-0.3, -0.25) is 14.4 Å². The van der Waals surface area contributed by atoms with Gasteiger partial charge in [0.1, 0.15) is 0 Å². The average Bonchev–Trinajstić information content (AvgIpc) is 3.25. The zero-order valence-electron chi connectivity index (χ0n) is 35.6. The fourth-order valence-corrected chi connectivity index (χ4v) is 4.39. The number of nitrogens with zero attached hydrogens (tertiary/aromatic N) is 4. The van der Waals surface area contributed by atoms with Gasteiger partial charge in [-0.25, -0.2) is 0 Å². The molecule has 0 aromatic heterocycles. The highest BCUT2D eigenvalue weighted by Gasteiger charge is 2.13. The van der Waals surface area contributed by atoms with Crippen molar-refractivity contribution in [3.05, 3.63) is 10.4 Å². The number of nitrogens with two attached hydrogens (primary N) is 2. The van der Waals surface area contributed by atoms with Gasteiger partial charge in [-0.1, -0.05) is 5.11 Å². The molecule has 0 rings (SSSR count). The van der Waals surface area contributed by atoms with Crippen LogP contribution in [0, 0.1) is 0 Å². The van der Waals surface area contributed by atoms with Gasteiger partial charge in [-0.2, -0.15) is 0 Å². The van der Waals surface area contributed by atoms with Crippen LogP contribution in [0.2, 0.25) is 0 Å². The van der Waals surface area contributed by atoms with E-state index < -0.39 is 0 Å². The van der Waals surface area contributed by atoms with Crippen LogP contribution in [0.15, 0.2) is 5.11 Å².